The van der Waals surface area contributed by atoms with Gasteiger partial charge in [-0.15, -0.1) is 0 Å². The van der Waals surface area contributed by atoms with Gasteiger partial charge in [0.1, 0.15) is 0 Å². The minimum absolute atomic E-state index is 0.0326. The highest BCUT2D eigenvalue weighted by Crippen LogP contribution is 2.39. The first kappa shape index (κ1) is 17.2. The van der Waals surface area contributed by atoms with E-state index in [9.17, 15) is 14.4 Å². The third-order valence-corrected chi connectivity index (χ3v) is 4.23. The summed E-state index contributed by atoms with van der Waals surface area (Å²) in [6, 6.07) is 5.79. The van der Waals surface area contributed by atoms with Crippen LogP contribution in [-0.2, 0) is 14.4 Å². The van der Waals surface area contributed by atoms with Crippen molar-refractivity contribution in [3.8, 4) is 0 Å². The van der Waals surface area contributed by atoms with Crippen molar-refractivity contribution in [2.45, 2.75) is 52.4 Å². The van der Waals surface area contributed by atoms with Crippen molar-refractivity contribution in [1.82, 2.24) is 0 Å². The molecule has 1 saturated heterocycles. The molecule has 0 saturated carbocycles. The molecule has 1 heterocycles. The largest absolute Gasteiger partial charge is 0.481 e. The number of hydrogen-bond donors (Lipinski definition) is 1. The minimum atomic E-state index is -1.06. The zero-order valence-corrected chi connectivity index (χ0v) is 14.0. The summed E-state index contributed by atoms with van der Waals surface area (Å²) in [6.07, 6.45) is -0.336. The maximum absolute atomic E-state index is 12.6. The van der Waals surface area contributed by atoms with E-state index >= 15 is 0 Å². The highest BCUT2D eigenvalue weighted by molar-refractivity contribution is 6.22. The number of amides is 2. The van der Waals surface area contributed by atoms with Crippen LogP contribution in [0.4, 0.5) is 5.69 Å². The number of carboxylic acid groups (broad SMARTS) is 1. The molecule has 1 aromatic rings. The zero-order chi connectivity index (χ0) is 17.3. The van der Waals surface area contributed by atoms with Crippen LogP contribution in [0.5, 0.6) is 0 Å². The standard InChI is InChI=1S/C18H23NO4/c1-10(2)13-6-5-7-14(11(3)4)17(13)19-15(20)8-12(18(19)23)9-16(21)22/h5-7,10-12H,8-9H2,1-4H3,(H,21,22)/t12-/m0/s1. The van der Waals surface area contributed by atoms with E-state index in [1.807, 2.05) is 45.9 Å². The number of carbonyl (C=O) groups excluding carboxylic acids is 2. The normalized spacial score (nSPS) is 18.3. The van der Waals surface area contributed by atoms with Gasteiger partial charge < -0.3 is 5.11 Å². The van der Waals surface area contributed by atoms with Gasteiger partial charge in [0.25, 0.3) is 0 Å². The van der Waals surface area contributed by atoms with Gasteiger partial charge in [0.05, 0.1) is 18.0 Å². The predicted molar refractivity (Wildman–Crippen MR) is 87.5 cm³/mol. The molecule has 1 aromatic carbocycles. The van der Waals surface area contributed by atoms with Gasteiger partial charge in [0.15, 0.2) is 0 Å². The third-order valence-electron chi connectivity index (χ3n) is 4.23. The molecule has 0 radical (unpaired) electrons. The summed E-state index contributed by atoms with van der Waals surface area (Å²) in [5.41, 5.74) is 2.53. The molecule has 1 N–H and O–H groups in total. The Balaban J connectivity index is 2.54. The van der Waals surface area contributed by atoms with Crippen molar-refractivity contribution in [2.75, 3.05) is 4.90 Å². The van der Waals surface area contributed by atoms with Gasteiger partial charge in [-0.25, -0.2) is 4.90 Å². The number of carboxylic acids is 1. The Labute approximate surface area is 136 Å². The van der Waals surface area contributed by atoms with E-state index in [0.29, 0.717) is 5.69 Å². The average Bonchev–Trinajstić information content (AvgIpc) is 2.71. The Kier molecular flexibility index (Phi) is 4.88. The van der Waals surface area contributed by atoms with Crippen molar-refractivity contribution in [1.29, 1.82) is 0 Å². The second-order valence-electron chi connectivity index (χ2n) is 6.66. The van der Waals surface area contributed by atoms with Gasteiger partial charge in [-0.05, 0) is 23.0 Å². The van der Waals surface area contributed by atoms with Gasteiger partial charge in [-0.1, -0.05) is 45.9 Å². The van der Waals surface area contributed by atoms with Crippen LogP contribution in [-0.4, -0.2) is 22.9 Å². The number of anilines is 1. The molecule has 0 aliphatic carbocycles. The van der Waals surface area contributed by atoms with Crippen LogP contribution in [0.2, 0.25) is 0 Å². The SMILES string of the molecule is CC(C)c1cccc(C(C)C)c1N1C(=O)C[C@@H](CC(=O)O)C1=O. The van der Waals surface area contributed by atoms with Gasteiger partial charge in [-0.3, -0.25) is 14.4 Å². The topological polar surface area (TPSA) is 74.7 Å². The van der Waals surface area contributed by atoms with Crippen LogP contribution >= 0.6 is 0 Å². The van der Waals surface area contributed by atoms with E-state index in [-0.39, 0.29) is 30.6 Å². The van der Waals surface area contributed by atoms with Crippen LogP contribution < -0.4 is 4.90 Å². The fourth-order valence-corrected chi connectivity index (χ4v) is 3.07. The van der Waals surface area contributed by atoms with E-state index in [1.54, 1.807) is 0 Å². The summed E-state index contributed by atoms with van der Waals surface area (Å²) in [4.78, 5) is 37.2. The highest BCUT2D eigenvalue weighted by Gasteiger charge is 2.42. The van der Waals surface area contributed by atoms with Crippen molar-refractivity contribution in [3.63, 3.8) is 0 Å². The molecule has 5 nitrogen and oxygen atoms in total. The summed E-state index contributed by atoms with van der Waals surface area (Å²) >= 11 is 0. The Hall–Kier alpha value is -2.17. The summed E-state index contributed by atoms with van der Waals surface area (Å²) in [7, 11) is 0. The van der Waals surface area contributed by atoms with Crippen molar-refractivity contribution < 1.29 is 19.5 Å². The Morgan fingerprint density at radius 1 is 1.17 bits per heavy atom. The molecule has 23 heavy (non-hydrogen) atoms. The van der Waals surface area contributed by atoms with Crippen LogP contribution in [0.1, 0.15) is 63.5 Å². The Morgan fingerprint density at radius 3 is 2.13 bits per heavy atom. The van der Waals surface area contributed by atoms with E-state index < -0.39 is 17.8 Å². The van der Waals surface area contributed by atoms with Crippen molar-refractivity contribution >= 4 is 23.5 Å². The fraction of sp³-hybridized carbons (Fsp3) is 0.500. The Morgan fingerprint density at radius 2 is 1.70 bits per heavy atom. The molecule has 0 aromatic heterocycles. The molecular formula is C18H23NO4. The predicted octanol–water partition coefficient (Wildman–Crippen LogP) is 3.29. The lowest BCUT2D eigenvalue weighted by atomic mass is 9.92. The second-order valence-corrected chi connectivity index (χ2v) is 6.66. The van der Waals surface area contributed by atoms with Crippen LogP contribution in [0, 0.1) is 5.92 Å². The molecule has 2 rings (SSSR count). The average molecular weight is 317 g/mol. The molecule has 0 spiro atoms. The van der Waals surface area contributed by atoms with E-state index in [0.717, 1.165) is 11.1 Å². The summed E-state index contributed by atoms with van der Waals surface area (Å²) < 4.78 is 0. The number of para-hydroxylation sites is 1. The molecule has 0 bridgehead atoms. The summed E-state index contributed by atoms with van der Waals surface area (Å²) in [5.74, 6) is -2.21. The smallest absolute Gasteiger partial charge is 0.304 e. The lowest BCUT2D eigenvalue weighted by Gasteiger charge is -2.25. The van der Waals surface area contributed by atoms with Crippen LogP contribution in [0.3, 0.4) is 0 Å². The molecule has 2 amide bonds. The lowest BCUT2D eigenvalue weighted by Crippen LogP contribution is -2.33. The first-order valence-electron chi connectivity index (χ1n) is 7.95. The second kappa shape index (κ2) is 6.52. The van der Waals surface area contributed by atoms with Gasteiger partial charge in [0.2, 0.25) is 11.8 Å². The molecule has 1 fully saturated rings. The zero-order valence-electron chi connectivity index (χ0n) is 14.0. The maximum atomic E-state index is 12.6. The quantitative estimate of drug-likeness (QED) is 0.846. The summed E-state index contributed by atoms with van der Waals surface area (Å²) in [5, 5.41) is 8.94. The van der Waals surface area contributed by atoms with Crippen LogP contribution in [0.25, 0.3) is 0 Å². The number of imide groups is 1. The Bertz CT molecular complexity index is 622. The molecular weight excluding hydrogens is 294 g/mol. The first-order chi connectivity index (χ1) is 10.7. The van der Waals surface area contributed by atoms with Crippen molar-refractivity contribution in [2.24, 2.45) is 5.92 Å². The van der Waals surface area contributed by atoms with Crippen molar-refractivity contribution in [3.05, 3.63) is 29.3 Å². The highest BCUT2D eigenvalue weighted by atomic mass is 16.4. The number of aliphatic carboxylic acids is 1. The van der Waals surface area contributed by atoms with Gasteiger partial charge >= 0.3 is 5.97 Å². The van der Waals surface area contributed by atoms with E-state index in [4.69, 9.17) is 5.11 Å². The number of hydrogen-bond acceptors (Lipinski definition) is 3. The third kappa shape index (κ3) is 3.28. The molecule has 124 valence electrons. The van der Waals surface area contributed by atoms with E-state index in [1.165, 1.54) is 4.90 Å². The van der Waals surface area contributed by atoms with Gasteiger partial charge in [-0.2, -0.15) is 0 Å². The number of benzene rings is 1. The van der Waals surface area contributed by atoms with Gasteiger partial charge in [0, 0.05) is 6.42 Å². The number of carbonyl (C=O) groups is 3. The molecule has 1 aliphatic rings. The summed E-state index contributed by atoms with van der Waals surface area (Å²) in [6.45, 7) is 8.07. The molecule has 1 atom stereocenters. The molecule has 0 unspecified atom stereocenters. The molecule has 1 aliphatic heterocycles. The first-order valence-corrected chi connectivity index (χ1v) is 7.95. The minimum Gasteiger partial charge on any atom is -0.481 e. The number of rotatable bonds is 5. The maximum Gasteiger partial charge on any atom is 0.304 e. The van der Waals surface area contributed by atoms with E-state index in [2.05, 4.69) is 0 Å². The monoisotopic (exact) mass is 317 g/mol. The number of nitrogens with zero attached hydrogens (tertiary/aromatic N) is 1. The fourth-order valence-electron chi connectivity index (χ4n) is 3.07. The lowest BCUT2D eigenvalue weighted by molar-refractivity contribution is -0.140. The molecule has 5 heteroatoms. The van der Waals surface area contributed by atoms with Crippen LogP contribution in [0.15, 0.2) is 18.2 Å².